The molecule has 3 aromatic carbocycles. The Labute approximate surface area is 214 Å². The molecule has 0 saturated carbocycles. The normalized spacial score (nSPS) is 12.5. The quantitative estimate of drug-likeness (QED) is 0.250. The fourth-order valence-electron chi connectivity index (χ4n) is 4.42. The summed E-state index contributed by atoms with van der Waals surface area (Å²) in [7, 11) is 0. The maximum absolute atomic E-state index is 13.9. The Morgan fingerprint density at radius 2 is 1.54 bits per heavy atom. The zero-order valence-electron chi connectivity index (χ0n) is 19.9. The minimum atomic E-state index is -0.750. The summed E-state index contributed by atoms with van der Waals surface area (Å²) in [6.07, 6.45) is 3.18. The predicted octanol–water partition coefficient (Wildman–Crippen LogP) is 6.38. The van der Waals surface area contributed by atoms with Gasteiger partial charge in [-0.1, -0.05) is 78.0 Å². The van der Waals surface area contributed by atoms with Crippen molar-refractivity contribution in [2.24, 2.45) is 0 Å². The van der Waals surface area contributed by atoms with Crippen LogP contribution in [0.5, 0.6) is 0 Å². The lowest BCUT2D eigenvalue weighted by Gasteiger charge is -2.28. The molecule has 0 spiro atoms. The van der Waals surface area contributed by atoms with Crippen LogP contribution in [-0.4, -0.2) is 16.0 Å². The monoisotopic (exact) mass is 492 g/mol. The van der Waals surface area contributed by atoms with Crippen LogP contribution in [0.1, 0.15) is 34.2 Å². The van der Waals surface area contributed by atoms with Gasteiger partial charge < -0.3 is 9.84 Å². The van der Waals surface area contributed by atoms with E-state index in [4.69, 9.17) is 9.51 Å². The average Bonchev–Trinajstić information content (AvgIpc) is 3.45. The molecular weight excluding hydrogens is 467 g/mol. The molecule has 0 radical (unpaired) electrons. The van der Waals surface area contributed by atoms with Gasteiger partial charge in [0.15, 0.2) is 0 Å². The number of hydrogen-bond donors (Lipinski definition) is 2. The topological polar surface area (TPSA) is 80.1 Å². The second kappa shape index (κ2) is 11.3. The van der Waals surface area contributed by atoms with Crippen molar-refractivity contribution in [3.63, 3.8) is 0 Å². The molecule has 2 N–H and O–H groups in total. The molecule has 184 valence electrons. The number of carbonyl (C=O) groups excluding carboxylic acids is 1. The van der Waals surface area contributed by atoms with Crippen LogP contribution in [0.2, 0.25) is 0 Å². The number of rotatable bonds is 9. The van der Waals surface area contributed by atoms with E-state index in [1.165, 1.54) is 18.3 Å². The van der Waals surface area contributed by atoms with E-state index < -0.39 is 11.8 Å². The van der Waals surface area contributed by atoms with Crippen LogP contribution < -0.4 is 10.6 Å². The summed E-state index contributed by atoms with van der Waals surface area (Å²) in [5, 5.41) is 10.0. The number of hydrogen-bond acceptors (Lipinski definition) is 5. The van der Waals surface area contributed by atoms with Gasteiger partial charge >= 0.3 is 0 Å². The van der Waals surface area contributed by atoms with Crippen molar-refractivity contribution < 1.29 is 13.7 Å². The molecule has 0 aliphatic rings. The van der Waals surface area contributed by atoms with Crippen LogP contribution in [-0.2, 0) is 11.3 Å². The molecule has 0 bridgehead atoms. The first-order chi connectivity index (χ1) is 18.2. The SMILES string of the molecule is O=C(Nc1ccno1)C(c1ccc(F)cc1)C(c1ccccc1)c1ncccc1NCc1ccccc1. The third-order valence-corrected chi connectivity index (χ3v) is 6.15. The third kappa shape index (κ3) is 5.73. The summed E-state index contributed by atoms with van der Waals surface area (Å²) >= 11 is 0. The molecule has 0 aliphatic heterocycles. The van der Waals surface area contributed by atoms with E-state index in [2.05, 4.69) is 15.8 Å². The smallest absolute Gasteiger partial charge is 0.235 e. The molecule has 2 atom stereocenters. The maximum Gasteiger partial charge on any atom is 0.235 e. The fourth-order valence-corrected chi connectivity index (χ4v) is 4.42. The molecule has 2 aromatic heterocycles. The number of amides is 1. The highest BCUT2D eigenvalue weighted by Crippen LogP contribution is 2.41. The molecule has 0 fully saturated rings. The summed E-state index contributed by atoms with van der Waals surface area (Å²) in [5.41, 5.74) is 4.16. The van der Waals surface area contributed by atoms with E-state index in [0.717, 1.165) is 16.8 Å². The van der Waals surface area contributed by atoms with E-state index >= 15 is 0 Å². The van der Waals surface area contributed by atoms with Crippen LogP contribution in [0.4, 0.5) is 16.0 Å². The van der Waals surface area contributed by atoms with Crippen molar-refractivity contribution in [3.8, 4) is 0 Å². The largest absolute Gasteiger partial charge is 0.379 e. The van der Waals surface area contributed by atoms with Crippen LogP contribution in [0.15, 0.2) is 120 Å². The molecule has 6 nitrogen and oxygen atoms in total. The summed E-state index contributed by atoms with van der Waals surface area (Å²) in [5.74, 6) is -1.71. The van der Waals surface area contributed by atoms with Gasteiger partial charge in [0.25, 0.3) is 0 Å². The highest BCUT2D eigenvalue weighted by Gasteiger charge is 2.35. The number of benzene rings is 3. The van der Waals surface area contributed by atoms with Gasteiger partial charge in [0.1, 0.15) is 5.82 Å². The summed E-state index contributed by atoms with van der Waals surface area (Å²) in [6, 6.07) is 31.2. The molecule has 2 heterocycles. The molecule has 7 heteroatoms. The van der Waals surface area contributed by atoms with Gasteiger partial charge in [-0.25, -0.2) is 4.39 Å². The van der Waals surface area contributed by atoms with Crippen molar-refractivity contribution in [3.05, 3.63) is 144 Å². The maximum atomic E-state index is 13.9. The lowest BCUT2D eigenvalue weighted by atomic mass is 9.78. The van der Waals surface area contributed by atoms with Crippen molar-refractivity contribution in [2.45, 2.75) is 18.4 Å². The highest BCUT2D eigenvalue weighted by atomic mass is 19.1. The minimum absolute atomic E-state index is 0.229. The summed E-state index contributed by atoms with van der Waals surface area (Å²) in [4.78, 5) is 18.6. The lowest BCUT2D eigenvalue weighted by molar-refractivity contribution is -0.118. The number of aromatic nitrogens is 2. The van der Waals surface area contributed by atoms with E-state index in [9.17, 15) is 9.18 Å². The number of carbonyl (C=O) groups is 1. The highest BCUT2D eigenvalue weighted by molar-refractivity contribution is 5.96. The van der Waals surface area contributed by atoms with Crippen LogP contribution >= 0.6 is 0 Å². The number of anilines is 2. The van der Waals surface area contributed by atoms with Gasteiger partial charge in [-0.05, 0) is 41.0 Å². The fraction of sp³-hybridized carbons (Fsp3) is 0.100. The van der Waals surface area contributed by atoms with Crippen molar-refractivity contribution in [1.82, 2.24) is 10.1 Å². The molecular formula is C30H25FN4O2. The first kappa shape index (κ1) is 23.9. The van der Waals surface area contributed by atoms with Gasteiger partial charge in [0.2, 0.25) is 11.8 Å². The zero-order chi connectivity index (χ0) is 25.5. The van der Waals surface area contributed by atoms with Gasteiger partial charge in [-0.3, -0.25) is 15.1 Å². The Morgan fingerprint density at radius 1 is 0.811 bits per heavy atom. The zero-order valence-corrected chi connectivity index (χ0v) is 19.9. The number of nitrogens with zero attached hydrogens (tertiary/aromatic N) is 2. The first-order valence-electron chi connectivity index (χ1n) is 11.9. The van der Waals surface area contributed by atoms with Gasteiger partial charge in [0.05, 0.1) is 23.5 Å². The molecule has 5 rings (SSSR count). The molecule has 0 aliphatic carbocycles. The number of halogens is 1. The molecule has 1 amide bonds. The Kier molecular flexibility index (Phi) is 7.31. The van der Waals surface area contributed by atoms with Gasteiger partial charge in [-0.15, -0.1) is 0 Å². The van der Waals surface area contributed by atoms with Crippen LogP contribution in [0.3, 0.4) is 0 Å². The first-order valence-corrected chi connectivity index (χ1v) is 11.9. The third-order valence-electron chi connectivity index (χ3n) is 6.15. The van der Waals surface area contributed by atoms with E-state index in [0.29, 0.717) is 17.8 Å². The van der Waals surface area contributed by atoms with Gasteiger partial charge in [0, 0.05) is 24.7 Å². The summed E-state index contributed by atoms with van der Waals surface area (Å²) in [6.45, 7) is 0.590. The molecule has 5 aromatic rings. The number of nitrogens with one attached hydrogen (secondary N) is 2. The van der Waals surface area contributed by atoms with E-state index in [1.54, 1.807) is 24.4 Å². The standard InChI is InChI=1S/C30H25FN4O2/c31-24-15-13-23(14-16-24)28(30(36)35-26-17-19-34-37-26)27(22-10-5-2-6-11-22)29-25(12-7-18-32-29)33-20-21-8-3-1-4-9-21/h1-19,27-28,33H,20H2,(H,35,36). The Balaban J connectivity index is 1.60. The van der Waals surface area contributed by atoms with Crippen LogP contribution in [0, 0.1) is 5.82 Å². The Hall–Kier alpha value is -4.78. The minimum Gasteiger partial charge on any atom is -0.379 e. The molecule has 37 heavy (non-hydrogen) atoms. The summed E-state index contributed by atoms with van der Waals surface area (Å²) < 4.78 is 19.0. The Morgan fingerprint density at radius 3 is 2.24 bits per heavy atom. The van der Waals surface area contributed by atoms with Crippen molar-refractivity contribution >= 4 is 17.5 Å². The second-order valence-corrected chi connectivity index (χ2v) is 8.56. The molecule has 2 unspecified atom stereocenters. The van der Waals surface area contributed by atoms with E-state index in [1.807, 2.05) is 72.8 Å². The van der Waals surface area contributed by atoms with Gasteiger partial charge in [-0.2, -0.15) is 0 Å². The lowest BCUT2D eigenvalue weighted by Crippen LogP contribution is -2.28. The van der Waals surface area contributed by atoms with Crippen LogP contribution in [0.25, 0.3) is 0 Å². The molecule has 0 saturated heterocycles. The van der Waals surface area contributed by atoms with E-state index in [-0.39, 0.29) is 17.6 Å². The van der Waals surface area contributed by atoms with Crippen molar-refractivity contribution in [1.29, 1.82) is 0 Å². The average molecular weight is 493 g/mol. The Bertz CT molecular complexity index is 1430. The van der Waals surface area contributed by atoms with Crippen molar-refractivity contribution in [2.75, 3.05) is 10.6 Å². The number of pyridine rings is 1. The predicted molar refractivity (Wildman–Crippen MR) is 141 cm³/mol. The second-order valence-electron chi connectivity index (χ2n) is 8.56.